The molecule has 0 radical (unpaired) electrons. The molecule has 0 aliphatic carbocycles. The number of aliphatic hydroxyl groups excluding tert-OH is 1. The van der Waals surface area contributed by atoms with E-state index < -0.39 is 6.10 Å². The fourth-order valence-electron chi connectivity index (χ4n) is 1.35. The maximum atomic E-state index is 9.68. The van der Waals surface area contributed by atoms with Crippen LogP contribution in [0.5, 0.6) is 0 Å². The van der Waals surface area contributed by atoms with E-state index in [0.29, 0.717) is 16.5 Å². The topological polar surface area (TPSA) is 20.2 Å². The van der Waals surface area contributed by atoms with Crippen LogP contribution in [0, 0.1) is 0 Å². The molecule has 0 amide bonds. The van der Waals surface area contributed by atoms with Gasteiger partial charge in [-0.25, -0.2) is 0 Å². The third kappa shape index (κ3) is 4.25. The zero-order valence-corrected chi connectivity index (χ0v) is 10.3. The van der Waals surface area contributed by atoms with Gasteiger partial charge in [0.1, 0.15) is 0 Å². The molecule has 1 aromatic rings. The first-order valence-corrected chi connectivity index (χ1v) is 5.51. The summed E-state index contributed by atoms with van der Waals surface area (Å²) in [7, 11) is 0. The molecule has 15 heavy (non-hydrogen) atoms. The zero-order chi connectivity index (χ0) is 11.4. The molecule has 3 heteroatoms. The van der Waals surface area contributed by atoms with E-state index in [0.717, 1.165) is 11.1 Å². The first-order valence-electron chi connectivity index (χ1n) is 4.76. The number of allylic oxidation sites excluding steroid dienone is 1. The highest BCUT2D eigenvalue weighted by Gasteiger charge is 2.04. The van der Waals surface area contributed by atoms with Crippen molar-refractivity contribution in [1.29, 1.82) is 0 Å². The Morgan fingerprint density at radius 2 is 2.00 bits per heavy atom. The largest absolute Gasteiger partial charge is 0.389 e. The van der Waals surface area contributed by atoms with Gasteiger partial charge in [0.25, 0.3) is 0 Å². The van der Waals surface area contributed by atoms with E-state index in [-0.39, 0.29) is 0 Å². The molecule has 1 nitrogen and oxygen atoms in total. The minimum absolute atomic E-state index is 0.466. The van der Waals surface area contributed by atoms with Gasteiger partial charge in [0.05, 0.1) is 16.1 Å². The molecule has 1 N–H and O–H groups in total. The van der Waals surface area contributed by atoms with Gasteiger partial charge in [-0.3, -0.25) is 0 Å². The van der Waals surface area contributed by atoms with Gasteiger partial charge >= 0.3 is 0 Å². The van der Waals surface area contributed by atoms with Gasteiger partial charge in [-0.2, -0.15) is 0 Å². The van der Waals surface area contributed by atoms with Crippen molar-refractivity contribution >= 4 is 23.2 Å². The predicted octanol–water partition coefficient (Wildman–Crippen LogP) is 3.86. The SMILES string of the molecule is CC(C)=CC(O)Cc1ccc(Cl)c(Cl)c1. The van der Waals surface area contributed by atoms with Crippen molar-refractivity contribution in [1.82, 2.24) is 0 Å². The second-order valence-electron chi connectivity index (χ2n) is 3.76. The van der Waals surface area contributed by atoms with Gasteiger partial charge < -0.3 is 5.11 Å². The van der Waals surface area contributed by atoms with Gasteiger partial charge in [-0.15, -0.1) is 0 Å². The van der Waals surface area contributed by atoms with Gasteiger partial charge in [0.2, 0.25) is 0 Å². The average molecular weight is 245 g/mol. The Labute approximate surface area is 100 Å². The van der Waals surface area contributed by atoms with E-state index in [1.54, 1.807) is 12.1 Å². The van der Waals surface area contributed by atoms with Gasteiger partial charge in [-0.1, -0.05) is 40.9 Å². The Hall–Kier alpha value is -0.500. The third-order valence-electron chi connectivity index (χ3n) is 1.95. The summed E-state index contributed by atoms with van der Waals surface area (Å²) >= 11 is 11.7. The van der Waals surface area contributed by atoms with E-state index in [4.69, 9.17) is 23.2 Å². The summed E-state index contributed by atoms with van der Waals surface area (Å²) < 4.78 is 0. The standard InChI is InChI=1S/C12H14Cl2O/c1-8(2)5-10(15)6-9-3-4-11(13)12(14)7-9/h3-5,7,10,15H,6H2,1-2H3. The number of halogens is 2. The van der Waals surface area contributed by atoms with Crippen LogP contribution in [0.2, 0.25) is 10.0 Å². The molecule has 1 rings (SSSR count). The lowest BCUT2D eigenvalue weighted by molar-refractivity contribution is 0.223. The van der Waals surface area contributed by atoms with Crippen LogP contribution in [0.3, 0.4) is 0 Å². The van der Waals surface area contributed by atoms with Crippen LogP contribution < -0.4 is 0 Å². The Morgan fingerprint density at radius 3 is 2.53 bits per heavy atom. The second-order valence-corrected chi connectivity index (χ2v) is 4.58. The lowest BCUT2D eigenvalue weighted by Gasteiger charge is -2.07. The maximum absolute atomic E-state index is 9.68. The molecule has 1 atom stereocenters. The molecule has 1 unspecified atom stereocenters. The number of rotatable bonds is 3. The van der Waals surface area contributed by atoms with E-state index in [1.165, 1.54) is 0 Å². The molecule has 0 aromatic heterocycles. The number of hydrogen-bond donors (Lipinski definition) is 1. The average Bonchev–Trinajstić information content (AvgIpc) is 2.10. The molecule has 0 saturated heterocycles. The van der Waals surface area contributed by atoms with Gasteiger partial charge in [0, 0.05) is 6.42 Å². The summed E-state index contributed by atoms with van der Waals surface area (Å²) in [4.78, 5) is 0. The van der Waals surface area contributed by atoms with Crippen LogP contribution in [0.25, 0.3) is 0 Å². The van der Waals surface area contributed by atoms with Crippen LogP contribution in [0.15, 0.2) is 29.8 Å². The number of benzene rings is 1. The van der Waals surface area contributed by atoms with E-state index in [2.05, 4.69) is 0 Å². The van der Waals surface area contributed by atoms with Crippen molar-refractivity contribution in [3.63, 3.8) is 0 Å². The fraction of sp³-hybridized carbons (Fsp3) is 0.333. The monoisotopic (exact) mass is 244 g/mol. The molecule has 0 aliphatic heterocycles. The highest BCUT2D eigenvalue weighted by molar-refractivity contribution is 6.42. The smallest absolute Gasteiger partial charge is 0.0763 e. The third-order valence-corrected chi connectivity index (χ3v) is 2.69. The van der Waals surface area contributed by atoms with Crippen molar-refractivity contribution in [2.24, 2.45) is 0 Å². The molecular weight excluding hydrogens is 231 g/mol. The van der Waals surface area contributed by atoms with Crippen LogP contribution >= 0.6 is 23.2 Å². The van der Waals surface area contributed by atoms with Crippen molar-refractivity contribution in [2.45, 2.75) is 26.4 Å². The number of aliphatic hydroxyl groups is 1. The first kappa shape index (κ1) is 12.6. The summed E-state index contributed by atoms with van der Waals surface area (Å²) in [5.74, 6) is 0. The van der Waals surface area contributed by atoms with Crippen molar-refractivity contribution in [3.8, 4) is 0 Å². The molecule has 0 bridgehead atoms. The Bertz CT molecular complexity index is 368. The lowest BCUT2D eigenvalue weighted by Crippen LogP contribution is -2.07. The Balaban J connectivity index is 2.73. The summed E-state index contributed by atoms with van der Waals surface area (Å²) in [5, 5.41) is 10.7. The number of hydrogen-bond acceptors (Lipinski definition) is 1. The van der Waals surface area contributed by atoms with Crippen molar-refractivity contribution in [3.05, 3.63) is 45.5 Å². The van der Waals surface area contributed by atoms with E-state index >= 15 is 0 Å². The van der Waals surface area contributed by atoms with Crippen LogP contribution in [-0.2, 0) is 6.42 Å². The fourth-order valence-corrected chi connectivity index (χ4v) is 1.67. The van der Waals surface area contributed by atoms with Crippen molar-refractivity contribution < 1.29 is 5.11 Å². The molecule has 0 saturated carbocycles. The normalized spacial score (nSPS) is 12.3. The highest BCUT2D eigenvalue weighted by Crippen LogP contribution is 2.23. The van der Waals surface area contributed by atoms with E-state index in [1.807, 2.05) is 26.0 Å². The van der Waals surface area contributed by atoms with Gasteiger partial charge in [0.15, 0.2) is 0 Å². The summed E-state index contributed by atoms with van der Waals surface area (Å²) in [5.41, 5.74) is 2.08. The van der Waals surface area contributed by atoms with Crippen LogP contribution in [0.4, 0.5) is 0 Å². The van der Waals surface area contributed by atoms with Crippen LogP contribution in [-0.4, -0.2) is 11.2 Å². The highest BCUT2D eigenvalue weighted by atomic mass is 35.5. The molecule has 0 spiro atoms. The van der Waals surface area contributed by atoms with Crippen molar-refractivity contribution in [2.75, 3.05) is 0 Å². The molecule has 82 valence electrons. The minimum Gasteiger partial charge on any atom is -0.389 e. The Kier molecular flexibility index (Phi) is 4.65. The second kappa shape index (κ2) is 5.55. The molecule has 0 fully saturated rings. The molecule has 1 aromatic carbocycles. The quantitative estimate of drug-likeness (QED) is 0.801. The Morgan fingerprint density at radius 1 is 1.33 bits per heavy atom. The summed E-state index contributed by atoms with van der Waals surface area (Å²) in [6, 6.07) is 5.40. The lowest BCUT2D eigenvalue weighted by atomic mass is 10.1. The summed E-state index contributed by atoms with van der Waals surface area (Å²) in [6.07, 6.45) is 1.91. The molecular formula is C12H14Cl2O. The maximum Gasteiger partial charge on any atom is 0.0763 e. The summed E-state index contributed by atoms with van der Waals surface area (Å²) in [6.45, 7) is 3.91. The molecule has 0 aliphatic rings. The predicted molar refractivity (Wildman–Crippen MR) is 65.6 cm³/mol. The van der Waals surface area contributed by atoms with Gasteiger partial charge in [-0.05, 0) is 31.5 Å². The molecule has 0 heterocycles. The van der Waals surface area contributed by atoms with Crippen LogP contribution in [0.1, 0.15) is 19.4 Å². The van der Waals surface area contributed by atoms with E-state index in [9.17, 15) is 5.11 Å². The first-order chi connectivity index (χ1) is 6.99. The minimum atomic E-state index is -0.466. The zero-order valence-electron chi connectivity index (χ0n) is 8.80.